The molecule has 0 unspecified atom stereocenters. The van der Waals surface area contributed by atoms with Crippen LogP contribution in [-0.2, 0) is 0 Å². The Morgan fingerprint density at radius 3 is 2.56 bits per heavy atom. The molecule has 1 N–H and O–H groups in total. The highest BCUT2D eigenvalue weighted by Crippen LogP contribution is 2.15. The van der Waals surface area contributed by atoms with Gasteiger partial charge in [-0.3, -0.25) is 4.79 Å². The minimum Gasteiger partial charge on any atom is -0.314 e. The molecule has 0 saturated carbocycles. The highest BCUT2D eigenvalue weighted by atomic mass is 32.2. The third-order valence-corrected chi connectivity index (χ3v) is 4.02. The Morgan fingerprint density at radius 1 is 1.28 bits per heavy atom. The maximum absolute atomic E-state index is 12.0. The number of nitrogens with one attached hydrogen (secondary N) is 1. The second-order valence-corrected chi connectivity index (χ2v) is 5.37. The average Bonchev–Trinajstić information content (AvgIpc) is 2.46. The summed E-state index contributed by atoms with van der Waals surface area (Å²) in [6.45, 7) is 5.06. The Balaban J connectivity index is 1.82. The monoisotopic (exact) mass is 264 g/mol. The number of hydrogen-bond donors (Lipinski definition) is 1. The highest BCUT2D eigenvalue weighted by Gasteiger charge is 2.12. The van der Waals surface area contributed by atoms with Gasteiger partial charge in [-0.15, -0.1) is 11.8 Å². The van der Waals surface area contributed by atoms with Crippen LogP contribution in [0.1, 0.15) is 16.8 Å². The van der Waals surface area contributed by atoms with Gasteiger partial charge in [0.05, 0.1) is 0 Å². The van der Waals surface area contributed by atoms with E-state index in [0.29, 0.717) is 6.42 Å². The average molecular weight is 264 g/mol. The number of hydrogen-bond acceptors (Lipinski definition) is 4. The van der Waals surface area contributed by atoms with E-state index < -0.39 is 0 Å². The van der Waals surface area contributed by atoms with Crippen molar-refractivity contribution in [3.63, 3.8) is 0 Å². The predicted molar refractivity (Wildman–Crippen MR) is 76.5 cm³/mol. The minimum absolute atomic E-state index is 0.251. The zero-order chi connectivity index (χ0) is 12.8. The topological polar surface area (TPSA) is 32.3 Å². The first-order chi connectivity index (χ1) is 8.79. The highest BCUT2D eigenvalue weighted by molar-refractivity contribution is 7.98. The van der Waals surface area contributed by atoms with Gasteiger partial charge in [-0.25, -0.2) is 0 Å². The number of Topliss-reactive ketones (excluding diaryl/α,β-unsaturated/α-hetero) is 1. The number of ketones is 1. The van der Waals surface area contributed by atoms with Crippen molar-refractivity contribution in [3.8, 4) is 0 Å². The van der Waals surface area contributed by atoms with E-state index in [1.165, 1.54) is 4.90 Å². The summed E-state index contributed by atoms with van der Waals surface area (Å²) < 4.78 is 0. The van der Waals surface area contributed by atoms with E-state index in [9.17, 15) is 4.79 Å². The zero-order valence-electron chi connectivity index (χ0n) is 10.8. The molecule has 98 valence electrons. The molecule has 1 heterocycles. The second-order valence-electron chi connectivity index (χ2n) is 4.49. The molecule has 0 spiro atoms. The third-order valence-electron chi connectivity index (χ3n) is 3.28. The van der Waals surface area contributed by atoms with Crippen LogP contribution in [0.2, 0.25) is 0 Å². The van der Waals surface area contributed by atoms with Crippen LogP contribution >= 0.6 is 11.8 Å². The number of benzene rings is 1. The van der Waals surface area contributed by atoms with Gasteiger partial charge in [0, 0.05) is 49.6 Å². The summed E-state index contributed by atoms with van der Waals surface area (Å²) in [5.74, 6) is 0.251. The second kappa shape index (κ2) is 6.92. The van der Waals surface area contributed by atoms with Gasteiger partial charge in [-0.05, 0) is 18.4 Å². The maximum atomic E-state index is 12.0. The number of rotatable bonds is 5. The number of carbonyl (C=O) groups is 1. The van der Waals surface area contributed by atoms with Crippen molar-refractivity contribution in [2.45, 2.75) is 11.3 Å². The molecule has 1 fully saturated rings. The number of nitrogens with zero attached hydrogens (tertiary/aromatic N) is 1. The van der Waals surface area contributed by atoms with E-state index in [2.05, 4.69) is 10.2 Å². The van der Waals surface area contributed by atoms with E-state index in [4.69, 9.17) is 0 Å². The Kier molecular flexibility index (Phi) is 5.23. The molecule has 3 nitrogen and oxygen atoms in total. The van der Waals surface area contributed by atoms with Crippen molar-refractivity contribution in [2.24, 2.45) is 0 Å². The summed E-state index contributed by atoms with van der Waals surface area (Å²) in [5, 5.41) is 3.32. The number of piperazine rings is 1. The molecular formula is C14H20N2OS. The van der Waals surface area contributed by atoms with Gasteiger partial charge in [-0.2, -0.15) is 0 Å². The SMILES string of the molecule is CSc1ccc(C(=O)CCN2CCNCC2)cc1. The first-order valence-electron chi connectivity index (χ1n) is 6.40. The maximum Gasteiger partial charge on any atom is 0.164 e. The molecule has 0 bridgehead atoms. The van der Waals surface area contributed by atoms with Crippen molar-refractivity contribution in [1.29, 1.82) is 0 Å². The lowest BCUT2D eigenvalue weighted by Crippen LogP contribution is -2.44. The molecule has 0 atom stereocenters. The normalized spacial score (nSPS) is 16.7. The predicted octanol–water partition coefficient (Wildman–Crippen LogP) is 1.89. The lowest BCUT2D eigenvalue weighted by molar-refractivity contribution is 0.0960. The molecule has 0 aromatic heterocycles. The summed E-state index contributed by atoms with van der Waals surface area (Å²) in [6, 6.07) is 7.91. The summed E-state index contributed by atoms with van der Waals surface area (Å²) in [5.41, 5.74) is 0.836. The Bertz CT molecular complexity index is 385. The van der Waals surface area contributed by atoms with Gasteiger partial charge in [0.25, 0.3) is 0 Å². The van der Waals surface area contributed by atoms with Gasteiger partial charge in [0.15, 0.2) is 5.78 Å². The smallest absolute Gasteiger partial charge is 0.164 e. The minimum atomic E-state index is 0.251. The number of carbonyl (C=O) groups excluding carboxylic acids is 1. The van der Waals surface area contributed by atoms with Gasteiger partial charge in [0.2, 0.25) is 0 Å². The van der Waals surface area contributed by atoms with E-state index >= 15 is 0 Å². The van der Waals surface area contributed by atoms with Gasteiger partial charge in [0.1, 0.15) is 0 Å². The van der Waals surface area contributed by atoms with Crippen LogP contribution in [0.15, 0.2) is 29.2 Å². The van der Waals surface area contributed by atoms with E-state index in [1.807, 2.05) is 30.5 Å². The molecule has 1 aliphatic heterocycles. The lowest BCUT2D eigenvalue weighted by atomic mass is 10.1. The fourth-order valence-corrected chi connectivity index (χ4v) is 2.52. The van der Waals surface area contributed by atoms with Crippen molar-refractivity contribution < 1.29 is 4.79 Å². The molecular weight excluding hydrogens is 244 g/mol. The Morgan fingerprint density at radius 2 is 1.94 bits per heavy atom. The molecule has 1 aromatic carbocycles. The third kappa shape index (κ3) is 3.83. The molecule has 1 aliphatic rings. The fourth-order valence-electron chi connectivity index (χ4n) is 2.12. The van der Waals surface area contributed by atoms with Crippen molar-refractivity contribution >= 4 is 17.5 Å². The lowest BCUT2D eigenvalue weighted by Gasteiger charge is -2.26. The Hall–Kier alpha value is -0.840. The van der Waals surface area contributed by atoms with Crippen LogP contribution in [0.4, 0.5) is 0 Å². The van der Waals surface area contributed by atoms with E-state index in [-0.39, 0.29) is 5.78 Å². The summed E-state index contributed by atoms with van der Waals surface area (Å²) in [4.78, 5) is 15.6. The van der Waals surface area contributed by atoms with Gasteiger partial charge < -0.3 is 10.2 Å². The Labute approximate surface area is 113 Å². The molecule has 0 radical (unpaired) electrons. The van der Waals surface area contributed by atoms with Crippen molar-refractivity contribution in [2.75, 3.05) is 39.0 Å². The van der Waals surface area contributed by atoms with Crippen LogP contribution in [0.25, 0.3) is 0 Å². The van der Waals surface area contributed by atoms with Crippen LogP contribution < -0.4 is 5.32 Å². The number of thioether (sulfide) groups is 1. The zero-order valence-corrected chi connectivity index (χ0v) is 11.6. The van der Waals surface area contributed by atoms with Crippen LogP contribution in [0.3, 0.4) is 0 Å². The first kappa shape index (κ1) is 13.6. The molecule has 1 aromatic rings. The molecule has 2 rings (SSSR count). The standard InChI is InChI=1S/C14H20N2OS/c1-18-13-4-2-12(3-5-13)14(17)6-9-16-10-7-15-8-11-16/h2-5,15H,6-11H2,1H3. The van der Waals surface area contributed by atoms with E-state index in [1.54, 1.807) is 11.8 Å². The molecule has 1 saturated heterocycles. The van der Waals surface area contributed by atoms with Crippen LogP contribution in [0.5, 0.6) is 0 Å². The quantitative estimate of drug-likeness (QED) is 0.650. The van der Waals surface area contributed by atoms with Gasteiger partial charge >= 0.3 is 0 Å². The summed E-state index contributed by atoms with van der Waals surface area (Å²) in [6.07, 6.45) is 2.67. The van der Waals surface area contributed by atoms with Gasteiger partial charge in [-0.1, -0.05) is 12.1 Å². The fraction of sp³-hybridized carbons (Fsp3) is 0.500. The first-order valence-corrected chi connectivity index (χ1v) is 7.62. The van der Waals surface area contributed by atoms with E-state index in [0.717, 1.165) is 38.3 Å². The van der Waals surface area contributed by atoms with Crippen LogP contribution in [0, 0.1) is 0 Å². The molecule has 18 heavy (non-hydrogen) atoms. The van der Waals surface area contributed by atoms with Crippen molar-refractivity contribution in [1.82, 2.24) is 10.2 Å². The van der Waals surface area contributed by atoms with Crippen LogP contribution in [-0.4, -0.2) is 49.7 Å². The molecule has 4 heteroatoms. The largest absolute Gasteiger partial charge is 0.314 e. The molecule has 0 aliphatic carbocycles. The van der Waals surface area contributed by atoms with Crippen molar-refractivity contribution in [3.05, 3.63) is 29.8 Å². The summed E-state index contributed by atoms with van der Waals surface area (Å²) >= 11 is 1.70. The molecule has 0 amide bonds. The summed E-state index contributed by atoms with van der Waals surface area (Å²) in [7, 11) is 0.